The summed E-state index contributed by atoms with van der Waals surface area (Å²) in [6, 6.07) is 4.68. The molecule has 0 amide bonds. The van der Waals surface area contributed by atoms with Crippen molar-refractivity contribution in [1.82, 2.24) is 0 Å². The Bertz CT molecular complexity index is 647. The summed E-state index contributed by atoms with van der Waals surface area (Å²) in [5, 5.41) is 8.78. The molecule has 148 valence electrons. The highest BCUT2D eigenvalue weighted by Gasteiger charge is 2.30. The Kier molecular flexibility index (Phi) is 7.27. The van der Waals surface area contributed by atoms with Gasteiger partial charge in [0, 0.05) is 0 Å². The molecule has 0 aromatic heterocycles. The highest BCUT2D eigenvalue weighted by Crippen LogP contribution is 2.43. The third kappa shape index (κ3) is 5.09. The molecule has 0 N–H and O–H groups in total. The van der Waals surface area contributed by atoms with Gasteiger partial charge in [-0.1, -0.05) is 51.5 Å². The van der Waals surface area contributed by atoms with Gasteiger partial charge in [0.1, 0.15) is 6.07 Å². The highest BCUT2D eigenvalue weighted by atomic mass is 19.2. The van der Waals surface area contributed by atoms with Crippen LogP contribution < -0.4 is 0 Å². The van der Waals surface area contributed by atoms with Crippen molar-refractivity contribution < 1.29 is 8.78 Å². The summed E-state index contributed by atoms with van der Waals surface area (Å²) >= 11 is 0. The van der Waals surface area contributed by atoms with E-state index in [0.29, 0.717) is 17.9 Å². The smallest absolute Gasteiger partial charge is 0.176 e. The molecule has 2 fully saturated rings. The first kappa shape index (κ1) is 20.3. The molecule has 27 heavy (non-hydrogen) atoms. The van der Waals surface area contributed by atoms with Gasteiger partial charge in [-0.05, 0) is 73.8 Å². The van der Waals surface area contributed by atoms with Crippen LogP contribution in [0, 0.1) is 46.6 Å². The van der Waals surface area contributed by atoms with Gasteiger partial charge in [-0.25, -0.2) is 8.78 Å². The molecule has 1 aromatic rings. The van der Waals surface area contributed by atoms with Crippen molar-refractivity contribution in [2.45, 2.75) is 84.0 Å². The average molecular weight is 374 g/mol. The van der Waals surface area contributed by atoms with Crippen LogP contribution in [0.5, 0.6) is 0 Å². The van der Waals surface area contributed by atoms with E-state index in [0.717, 1.165) is 24.2 Å². The number of nitriles is 1. The van der Waals surface area contributed by atoms with Gasteiger partial charge in [-0.2, -0.15) is 5.26 Å². The van der Waals surface area contributed by atoms with Crippen molar-refractivity contribution in [3.8, 4) is 6.07 Å². The first-order valence-corrected chi connectivity index (χ1v) is 11.0. The summed E-state index contributed by atoms with van der Waals surface area (Å²) in [5.74, 6) is 1.63. The lowest BCUT2D eigenvalue weighted by Crippen LogP contribution is -2.26. The van der Waals surface area contributed by atoms with Crippen LogP contribution in [0.1, 0.15) is 88.7 Å². The van der Waals surface area contributed by atoms with Crippen molar-refractivity contribution in [2.24, 2.45) is 23.7 Å². The normalized spacial score (nSPS) is 28.7. The van der Waals surface area contributed by atoms with E-state index in [9.17, 15) is 8.78 Å². The number of aryl methyl sites for hydroxylation is 1. The van der Waals surface area contributed by atoms with Gasteiger partial charge < -0.3 is 0 Å². The molecule has 0 atom stereocenters. The summed E-state index contributed by atoms with van der Waals surface area (Å²) in [6.07, 6.45) is 15.1. The van der Waals surface area contributed by atoms with E-state index in [4.69, 9.17) is 5.26 Å². The number of nitrogens with zero attached hydrogens (tertiary/aromatic N) is 1. The highest BCUT2D eigenvalue weighted by molar-refractivity contribution is 5.34. The Labute approximate surface area is 163 Å². The van der Waals surface area contributed by atoms with Gasteiger partial charge in [-0.3, -0.25) is 0 Å². The van der Waals surface area contributed by atoms with Crippen LogP contribution in [0.4, 0.5) is 8.78 Å². The second kappa shape index (κ2) is 9.67. The molecule has 3 rings (SSSR count). The van der Waals surface area contributed by atoms with Crippen molar-refractivity contribution in [1.29, 1.82) is 5.26 Å². The predicted octanol–water partition coefficient (Wildman–Crippen LogP) is 7.18. The minimum absolute atomic E-state index is 0.203. The van der Waals surface area contributed by atoms with E-state index in [-0.39, 0.29) is 5.56 Å². The van der Waals surface area contributed by atoms with Crippen LogP contribution in [0.15, 0.2) is 12.1 Å². The van der Waals surface area contributed by atoms with Crippen molar-refractivity contribution >= 4 is 0 Å². The maximum Gasteiger partial charge on any atom is 0.176 e. The Morgan fingerprint density at radius 1 is 0.852 bits per heavy atom. The molecule has 1 aromatic carbocycles. The van der Waals surface area contributed by atoms with E-state index in [2.05, 4.69) is 6.92 Å². The molecule has 2 aliphatic rings. The molecule has 0 aliphatic heterocycles. The fourth-order valence-electron chi connectivity index (χ4n) is 5.53. The average Bonchev–Trinajstić information content (AvgIpc) is 2.70. The standard InChI is InChI=1S/C24H33F2N/c1-2-3-17-4-9-19(10-5-17)20-11-6-18(7-12-20)8-13-21-14-15-22(16-27)24(26)23(21)25/h14-15,17-20H,2-13H2,1H3. The van der Waals surface area contributed by atoms with E-state index >= 15 is 0 Å². The quantitative estimate of drug-likeness (QED) is 0.518. The van der Waals surface area contributed by atoms with Gasteiger partial charge >= 0.3 is 0 Å². The fourth-order valence-corrected chi connectivity index (χ4v) is 5.53. The summed E-state index contributed by atoms with van der Waals surface area (Å²) in [6.45, 7) is 2.30. The maximum atomic E-state index is 14.1. The minimum atomic E-state index is -0.989. The SMILES string of the molecule is CCCC1CCC(C2CCC(CCc3ccc(C#N)c(F)c3F)CC2)CC1. The fraction of sp³-hybridized carbons (Fsp3) is 0.708. The summed E-state index contributed by atoms with van der Waals surface area (Å²) < 4.78 is 27.8. The molecule has 0 unspecified atom stereocenters. The zero-order valence-electron chi connectivity index (χ0n) is 16.7. The molecule has 0 saturated heterocycles. The van der Waals surface area contributed by atoms with Crippen LogP contribution in [0.3, 0.4) is 0 Å². The van der Waals surface area contributed by atoms with E-state index in [1.807, 2.05) is 0 Å². The third-order valence-electron chi connectivity index (χ3n) is 7.25. The van der Waals surface area contributed by atoms with Gasteiger partial charge in [-0.15, -0.1) is 0 Å². The van der Waals surface area contributed by atoms with Crippen LogP contribution in [0.2, 0.25) is 0 Å². The van der Waals surface area contributed by atoms with Crippen LogP contribution in [0.25, 0.3) is 0 Å². The van der Waals surface area contributed by atoms with E-state index in [1.165, 1.54) is 70.3 Å². The lowest BCUT2D eigenvalue weighted by atomic mass is 9.68. The van der Waals surface area contributed by atoms with E-state index < -0.39 is 11.6 Å². The maximum absolute atomic E-state index is 14.1. The Morgan fingerprint density at radius 2 is 1.41 bits per heavy atom. The number of benzene rings is 1. The topological polar surface area (TPSA) is 23.8 Å². The number of rotatable bonds is 6. The largest absolute Gasteiger partial charge is 0.203 e. The first-order chi connectivity index (χ1) is 13.1. The van der Waals surface area contributed by atoms with Crippen molar-refractivity contribution in [2.75, 3.05) is 0 Å². The van der Waals surface area contributed by atoms with Crippen LogP contribution in [-0.2, 0) is 6.42 Å². The summed E-state index contributed by atoms with van der Waals surface area (Å²) in [4.78, 5) is 0. The molecule has 0 radical (unpaired) electrons. The van der Waals surface area contributed by atoms with Crippen molar-refractivity contribution in [3.63, 3.8) is 0 Å². The Hall–Kier alpha value is -1.43. The number of hydrogen-bond acceptors (Lipinski definition) is 1. The molecule has 2 saturated carbocycles. The van der Waals surface area contributed by atoms with Gasteiger partial charge in [0.05, 0.1) is 5.56 Å². The molecular formula is C24H33F2N. The first-order valence-electron chi connectivity index (χ1n) is 11.0. The second-order valence-corrected chi connectivity index (χ2v) is 8.90. The molecule has 1 nitrogen and oxygen atoms in total. The third-order valence-corrected chi connectivity index (χ3v) is 7.25. The Morgan fingerprint density at radius 3 is 1.93 bits per heavy atom. The molecule has 0 heterocycles. The number of hydrogen-bond donors (Lipinski definition) is 0. The van der Waals surface area contributed by atoms with E-state index in [1.54, 1.807) is 12.1 Å². The summed E-state index contributed by atoms with van der Waals surface area (Å²) in [5.41, 5.74) is 0.216. The zero-order chi connectivity index (χ0) is 19.2. The monoisotopic (exact) mass is 373 g/mol. The molecule has 2 aliphatic carbocycles. The molecular weight excluding hydrogens is 340 g/mol. The van der Waals surface area contributed by atoms with Crippen LogP contribution in [-0.4, -0.2) is 0 Å². The summed E-state index contributed by atoms with van der Waals surface area (Å²) in [7, 11) is 0. The molecule has 0 spiro atoms. The second-order valence-electron chi connectivity index (χ2n) is 8.90. The van der Waals surface area contributed by atoms with Gasteiger partial charge in [0.25, 0.3) is 0 Å². The minimum Gasteiger partial charge on any atom is -0.203 e. The zero-order valence-corrected chi connectivity index (χ0v) is 16.7. The molecule has 0 bridgehead atoms. The van der Waals surface area contributed by atoms with Gasteiger partial charge in [0.15, 0.2) is 11.6 Å². The lowest BCUT2D eigenvalue weighted by molar-refractivity contribution is 0.141. The predicted molar refractivity (Wildman–Crippen MR) is 105 cm³/mol. The van der Waals surface area contributed by atoms with Crippen molar-refractivity contribution in [3.05, 3.63) is 34.9 Å². The molecule has 3 heteroatoms. The van der Waals surface area contributed by atoms with Gasteiger partial charge in [0.2, 0.25) is 0 Å². The number of halogens is 2. The van der Waals surface area contributed by atoms with Crippen LogP contribution >= 0.6 is 0 Å². The lowest BCUT2D eigenvalue weighted by Gasteiger charge is -2.38. The Balaban J connectivity index is 1.43.